The number of fused-ring (bicyclic) bond motifs is 1. The number of hydrogen-bond acceptors (Lipinski definition) is 3. The molecular weight excluding hydrogens is 265 g/mol. The second-order valence-electron chi connectivity index (χ2n) is 3.95. The topological polar surface area (TPSA) is 71.8 Å². The van der Waals surface area contributed by atoms with E-state index in [-0.39, 0.29) is 27.2 Å². The average molecular weight is 274 g/mol. The van der Waals surface area contributed by atoms with E-state index in [2.05, 4.69) is 9.97 Å². The van der Waals surface area contributed by atoms with Gasteiger partial charge < -0.3 is 4.98 Å². The van der Waals surface area contributed by atoms with Crippen molar-refractivity contribution >= 4 is 39.9 Å². The summed E-state index contributed by atoms with van der Waals surface area (Å²) in [7, 11) is 0. The Hall–Kier alpha value is -1.33. The molecule has 90 valence electrons. The zero-order valence-electron chi connectivity index (χ0n) is 9.12. The Morgan fingerprint density at radius 3 is 2.65 bits per heavy atom. The standard InChI is InChI=1S/C10H9Cl2N3O2/c1-4(2)10-13-6-3-5(11)7(12)9(15(16)17)8(6)14-10/h3-4H,1-2H3,(H,13,14). The molecule has 0 spiro atoms. The Balaban J connectivity index is 2.84. The fraction of sp³-hybridized carbons (Fsp3) is 0.300. The van der Waals surface area contributed by atoms with Crippen LogP contribution in [0.1, 0.15) is 25.6 Å². The third kappa shape index (κ3) is 1.96. The molecule has 0 bridgehead atoms. The fourth-order valence-electron chi connectivity index (χ4n) is 1.54. The van der Waals surface area contributed by atoms with E-state index in [9.17, 15) is 10.1 Å². The molecule has 0 amide bonds. The second kappa shape index (κ2) is 4.16. The molecule has 0 aliphatic rings. The molecule has 0 saturated heterocycles. The molecule has 17 heavy (non-hydrogen) atoms. The van der Waals surface area contributed by atoms with Gasteiger partial charge in [0.25, 0.3) is 0 Å². The quantitative estimate of drug-likeness (QED) is 0.666. The Kier molecular flexibility index (Phi) is 2.97. The molecule has 2 rings (SSSR count). The van der Waals surface area contributed by atoms with Gasteiger partial charge in [0.1, 0.15) is 10.8 Å². The Bertz CT molecular complexity index is 607. The van der Waals surface area contributed by atoms with E-state index in [4.69, 9.17) is 23.2 Å². The fourth-order valence-corrected chi connectivity index (χ4v) is 1.95. The van der Waals surface area contributed by atoms with Gasteiger partial charge in [-0.15, -0.1) is 0 Å². The minimum atomic E-state index is -0.568. The predicted molar refractivity (Wildman–Crippen MR) is 66.9 cm³/mol. The van der Waals surface area contributed by atoms with Crippen LogP contribution in [0.15, 0.2) is 6.07 Å². The zero-order chi connectivity index (χ0) is 12.7. The van der Waals surface area contributed by atoms with Gasteiger partial charge in [0.05, 0.1) is 15.5 Å². The molecule has 0 aliphatic carbocycles. The van der Waals surface area contributed by atoms with Gasteiger partial charge in [0.15, 0.2) is 5.52 Å². The lowest BCUT2D eigenvalue weighted by molar-refractivity contribution is -0.383. The van der Waals surface area contributed by atoms with Crippen LogP contribution in [0.4, 0.5) is 5.69 Å². The summed E-state index contributed by atoms with van der Waals surface area (Å²) in [6.45, 7) is 3.87. The number of hydrogen-bond donors (Lipinski definition) is 1. The number of halogens is 2. The monoisotopic (exact) mass is 273 g/mol. The SMILES string of the molecule is CC(C)c1nc2c([N+](=O)[O-])c(Cl)c(Cl)cc2[nH]1. The maximum atomic E-state index is 11.0. The molecule has 1 aromatic heterocycles. The van der Waals surface area contributed by atoms with Crippen molar-refractivity contribution in [2.24, 2.45) is 0 Å². The van der Waals surface area contributed by atoms with Crippen molar-refractivity contribution in [1.29, 1.82) is 0 Å². The summed E-state index contributed by atoms with van der Waals surface area (Å²) in [5.74, 6) is 0.806. The van der Waals surface area contributed by atoms with E-state index in [1.165, 1.54) is 0 Å². The van der Waals surface area contributed by atoms with E-state index < -0.39 is 4.92 Å². The summed E-state index contributed by atoms with van der Waals surface area (Å²) in [4.78, 5) is 17.6. The van der Waals surface area contributed by atoms with Gasteiger partial charge in [-0.05, 0) is 6.07 Å². The van der Waals surface area contributed by atoms with Crippen molar-refractivity contribution in [1.82, 2.24) is 9.97 Å². The number of imidazole rings is 1. The van der Waals surface area contributed by atoms with E-state index in [0.717, 1.165) is 0 Å². The second-order valence-corrected chi connectivity index (χ2v) is 4.74. The summed E-state index contributed by atoms with van der Waals surface area (Å²) < 4.78 is 0. The number of rotatable bonds is 2. The summed E-state index contributed by atoms with van der Waals surface area (Å²) >= 11 is 11.7. The van der Waals surface area contributed by atoms with Crippen LogP contribution in [0.2, 0.25) is 10.0 Å². The van der Waals surface area contributed by atoms with Crippen molar-refractivity contribution in [2.45, 2.75) is 19.8 Å². The van der Waals surface area contributed by atoms with Gasteiger partial charge >= 0.3 is 5.69 Å². The van der Waals surface area contributed by atoms with Crippen molar-refractivity contribution in [2.75, 3.05) is 0 Å². The highest BCUT2D eigenvalue weighted by Gasteiger charge is 2.24. The lowest BCUT2D eigenvalue weighted by atomic mass is 10.2. The van der Waals surface area contributed by atoms with Crippen LogP contribution in [-0.2, 0) is 0 Å². The number of nitro benzene ring substituents is 1. The number of nitrogens with zero attached hydrogens (tertiary/aromatic N) is 2. The first-order valence-electron chi connectivity index (χ1n) is 4.93. The van der Waals surface area contributed by atoms with Gasteiger partial charge in [-0.3, -0.25) is 10.1 Å². The number of nitro groups is 1. The van der Waals surface area contributed by atoms with Crippen LogP contribution in [-0.4, -0.2) is 14.9 Å². The molecule has 5 nitrogen and oxygen atoms in total. The molecule has 7 heteroatoms. The molecule has 0 radical (unpaired) electrons. The van der Waals surface area contributed by atoms with Crippen molar-refractivity contribution in [3.63, 3.8) is 0 Å². The summed E-state index contributed by atoms with van der Waals surface area (Å²) in [5, 5.41) is 11.0. The number of H-pyrrole nitrogens is 1. The smallest absolute Gasteiger partial charge is 0.317 e. The molecule has 0 aliphatic heterocycles. The third-order valence-electron chi connectivity index (χ3n) is 2.39. The first-order chi connectivity index (χ1) is 7.91. The molecular formula is C10H9Cl2N3O2. The van der Waals surface area contributed by atoms with Gasteiger partial charge in [-0.2, -0.15) is 0 Å². The first-order valence-corrected chi connectivity index (χ1v) is 5.69. The van der Waals surface area contributed by atoms with Crippen LogP contribution in [0.25, 0.3) is 11.0 Å². The third-order valence-corrected chi connectivity index (χ3v) is 3.17. The Labute approximate surface area is 107 Å². The maximum Gasteiger partial charge on any atom is 0.317 e. The molecule has 0 unspecified atom stereocenters. The van der Waals surface area contributed by atoms with Gasteiger partial charge in [0.2, 0.25) is 0 Å². The molecule has 1 N–H and O–H groups in total. The maximum absolute atomic E-state index is 11.0. The van der Waals surface area contributed by atoms with Gasteiger partial charge in [0, 0.05) is 5.92 Å². The Morgan fingerprint density at radius 1 is 1.47 bits per heavy atom. The minimum absolute atomic E-state index is 0.0778. The van der Waals surface area contributed by atoms with Crippen LogP contribution >= 0.6 is 23.2 Å². The number of benzene rings is 1. The molecule has 0 atom stereocenters. The van der Waals surface area contributed by atoms with Gasteiger partial charge in [-0.25, -0.2) is 4.98 Å². The minimum Gasteiger partial charge on any atom is -0.341 e. The summed E-state index contributed by atoms with van der Waals surface area (Å²) in [6.07, 6.45) is 0. The normalized spacial score (nSPS) is 11.4. The average Bonchev–Trinajstić information content (AvgIpc) is 2.61. The van der Waals surface area contributed by atoms with E-state index in [0.29, 0.717) is 11.3 Å². The summed E-state index contributed by atoms with van der Waals surface area (Å²) in [5.41, 5.74) is 0.514. The number of aromatic amines is 1. The van der Waals surface area contributed by atoms with Crippen LogP contribution in [0, 0.1) is 10.1 Å². The van der Waals surface area contributed by atoms with E-state index in [1.54, 1.807) is 6.07 Å². The van der Waals surface area contributed by atoms with Crippen molar-refractivity contribution in [3.8, 4) is 0 Å². The van der Waals surface area contributed by atoms with E-state index in [1.807, 2.05) is 13.8 Å². The zero-order valence-corrected chi connectivity index (χ0v) is 10.6. The largest absolute Gasteiger partial charge is 0.341 e. The highest BCUT2D eigenvalue weighted by molar-refractivity contribution is 6.44. The molecule has 0 fully saturated rings. The van der Waals surface area contributed by atoms with Crippen LogP contribution in [0.5, 0.6) is 0 Å². The summed E-state index contributed by atoms with van der Waals surface area (Å²) in [6, 6.07) is 1.55. The molecule has 0 saturated carbocycles. The highest BCUT2D eigenvalue weighted by Crippen LogP contribution is 2.38. The van der Waals surface area contributed by atoms with E-state index >= 15 is 0 Å². The van der Waals surface area contributed by atoms with Crippen LogP contribution in [0.3, 0.4) is 0 Å². The van der Waals surface area contributed by atoms with Crippen molar-refractivity contribution < 1.29 is 4.92 Å². The number of aromatic nitrogens is 2. The molecule has 2 aromatic rings. The van der Waals surface area contributed by atoms with Crippen LogP contribution < -0.4 is 0 Å². The first kappa shape index (κ1) is 12.1. The Morgan fingerprint density at radius 2 is 2.12 bits per heavy atom. The number of nitrogens with one attached hydrogen (secondary N) is 1. The predicted octanol–water partition coefficient (Wildman–Crippen LogP) is 3.90. The lowest BCUT2D eigenvalue weighted by Crippen LogP contribution is -1.92. The lowest BCUT2D eigenvalue weighted by Gasteiger charge is -1.98. The molecule has 1 heterocycles. The van der Waals surface area contributed by atoms with Crippen molar-refractivity contribution in [3.05, 3.63) is 32.1 Å². The highest BCUT2D eigenvalue weighted by atomic mass is 35.5. The molecule has 1 aromatic carbocycles. The van der Waals surface area contributed by atoms with Gasteiger partial charge in [-0.1, -0.05) is 37.0 Å².